The van der Waals surface area contributed by atoms with Crippen LogP contribution in [0.1, 0.15) is 28.8 Å². The van der Waals surface area contributed by atoms with Crippen LogP contribution < -0.4 is 10.2 Å². The topological polar surface area (TPSA) is 102 Å². The van der Waals surface area contributed by atoms with Crippen molar-refractivity contribution in [3.63, 3.8) is 0 Å². The fourth-order valence-electron chi connectivity index (χ4n) is 3.39. The molecule has 0 atom stereocenters. The molecule has 1 aromatic heterocycles. The maximum absolute atomic E-state index is 12.2. The number of rotatable bonds is 6. The number of nitrogens with zero attached hydrogens (tertiary/aromatic N) is 5. The molecule has 2 aromatic carbocycles. The minimum atomic E-state index is -0.575. The molecule has 1 aliphatic heterocycles. The van der Waals surface area contributed by atoms with E-state index in [1.54, 1.807) is 24.3 Å². The molecule has 1 aliphatic rings. The zero-order valence-corrected chi connectivity index (χ0v) is 16.6. The Morgan fingerprint density at radius 1 is 1.07 bits per heavy atom. The fourth-order valence-corrected chi connectivity index (χ4v) is 3.39. The second-order valence-corrected chi connectivity index (χ2v) is 7.12. The molecule has 30 heavy (non-hydrogen) atoms. The first-order valence-corrected chi connectivity index (χ1v) is 9.76. The van der Waals surface area contributed by atoms with E-state index >= 15 is 0 Å². The summed E-state index contributed by atoms with van der Waals surface area (Å²) in [6.07, 6.45) is 3.88. The van der Waals surface area contributed by atoms with E-state index < -0.39 is 5.97 Å². The number of nitrogens with one attached hydrogen (secondary N) is 1. The summed E-state index contributed by atoms with van der Waals surface area (Å²) in [5.74, 6) is -0.958. The summed E-state index contributed by atoms with van der Waals surface area (Å²) in [6.45, 7) is 3.73. The van der Waals surface area contributed by atoms with E-state index in [2.05, 4.69) is 31.8 Å². The average molecular weight is 406 g/mol. The maximum Gasteiger partial charge on any atom is 0.338 e. The number of benzene rings is 2. The van der Waals surface area contributed by atoms with Gasteiger partial charge in [-0.15, -0.1) is 5.10 Å². The van der Waals surface area contributed by atoms with Crippen LogP contribution in [0.15, 0.2) is 48.8 Å². The second kappa shape index (κ2) is 8.73. The molecule has 0 aliphatic carbocycles. The van der Waals surface area contributed by atoms with E-state index in [-0.39, 0.29) is 12.5 Å². The lowest BCUT2D eigenvalue weighted by atomic mass is 10.1. The lowest BCUT2D eigenvalue weighted by molar-refractivity contribution is -0.119. The summed E-state index contributed by atoms with van der Waals surface area (Å²) >= 11 is 0. The van der Waals surface area contributed by atoms with E-state index in [0.29, 0.717) is 16.9 Å². The van der Waals surface area contributed by atoms with Crippen LogP contribution in [-0.4, -0.2) is 51.8 Å². The van der Waals surface area contributed by atoms with Gasteiger partial charge in [-0.1, -0.05) is 0 Å². The number of aryl methyl sites for hydroxylation is 1. The molecule has 1 amide bonds. The van der Waals surface area contributed by atoms with Crippen molar-refractivity contribution >= 4 is 23.3 Å². The van der Waals surface area contributed by atoms with E-state index in [4.69, 9.17) is 4.74 Å². The first-order valence-electron chi connectivity index (χ1n) is 9.76. The number of hydrogen-bond donors (Lipinski definition) is 1. The number of aromatic nitrogens is 4. The Morgan fingerprint density at radius 2 is 1.80 bits per heavy atom. The van der Waals surface area contributed by atoms with Crippen LogP contribution in [0.2, 0.25) is 0 Å². The monoisotopic (exact) mass is 406 g/mol. The molecule has 9 nitrogen and oxygen atoms in total. The number of carbonyl (C=O) groups excluding carboxylic acids is 2. The molecular weight excluding hydrogens is 384 g/mol. The van der Waals surface area contributed by atoms with Gasteiger partial charge in [0.05, 0.1) is 11.3 Å². The summed E-state index contributed by atoms with van der Waals surface area (Å²) < 4.78 is 6.60. The summed E-state index contributed by atoms with van der Waals surface area (Å²) in [7, 11) is 0. The summed E-state index contributed by atoms with van der Waals surface area (Å²) in [5, 5.41) is 13.7. The zero-order valence-electron chi connectivity index (χ0n) is 16.6. The maximum atomic E-state index is 12.2. The van der Waals surface area contributed by atoms with Crippen molar-refractivity contribution in [2.24, 2.45) is 0 Å². The number of amides is 1. The molecule has 3 aromatic rings. The molecule has 0 bridgehead atoms. The molecule has 1 fully saturated rings. The summed E-state index contributed by atoms with van der Waals surface area (Å²) in [4.78, 5) is 26.8. The number of tetrazole rings is 1. The molecule has 4 rings (SSSR count). The predicted molar refractivity (Wildman–Crippen MR) is 111 cm³/mol. The quantitative estimate of drug-likeness (QED) is 0.627. The van der Waals surface area contributed by atoms with E-state index in [0.717, 1.165) is 18.7 Å². The molecule has 1 N–H and O–H groups in total. The predicted octanol–water partition coefficient (Wildman–Crippen LogP) is 2.37. The van der Waals surface area contributed by atoms with E-state index in [9.17, 15) is 9.59 Å². The van der Waals surface area contributed by atoms with Crippen LogP contribution in [0.25, 0.3) is 5.69 Å². The Kier molecular flexibility index (Phi) is 5.69. The smallest absolute Gasteiger partial charge is 0.338 e. The van der Waals surface area contributed by atoms with Gasteiger partial charge in [-0.2, -0.15) is 0 Å². The Hall–Kier alpha value is -3.75. The number of ether oxygens (including phenoxy) is 1. The second-order valence-electron chi connectivity index (χ2n) is 7.12. The van der Waals surface area contributed by atoms with Crippen LogP contribution >= 0.6 is 0 Å². The molecule has 0 radical (unpaired) electrons. The molecular formula is C21H22N6O3. The third-order valence-electron chi connectivity index (χ3n) is 5.01. The first kappa shape index (κ1) is 19.6. The van der Waals surface area contributed by atoms with Gasteiger partial charge in [0.2, 0.25) is 0 Å². The molecule has 154 valence electrons. The number of hydrogen-bond acceptors (Lipinski definition) is 7. The number of esters is 1. The van der Waals surface area contributed by atoms with Gasteiger partial charge in [0.25, 0.3) is 5.91 Å². The van der Waals surface area contributed by atoms with Crippen molar-refractivity contribution in [3.05, 3.63) is 59.9 Å². The SMILES string of the molecule is Cc1cc(N2CCCC2)ccc1NC(=O)COC(=O)c1ccc(-n2cnnn2)cc1. The van der Waals surface area contributed by atoms with E-state index in [1.165, 1.54) is 29.5 Å². The van der Waals surface area contributed by atoms with Gasteiger partial charge in [0.15, 0.2) is 6.61 Å². The van der Waals surface area contributed by atoms with Crippen molar-refractivity contribution in [2.45, 2.75) is 19.8 Å². The summed E-state index contributed by atoms with van der Waals surface area (Å²) in [5.41, 5.74) is 3.90. The minimum absolute atomic E-state index is 0.339. The van der Waals surface area contributed by atoms with Crippen molar-refractivity contribution in [1.82, 2.24) is 20.2 Å². The van der Waals surface area contributed by atoms with Crippen LogP contribution in [0.5, 0.6) is 0 Å². The standard InChI is InChI=1S/C21H22N6O3/c1-15-12-18(26-10-2-3-11-26)8-9-19(15)23-20(28)13-30-21(29)16-4-6-17(7-5-16)27-14-22-24-25-27/h4-9,12,14H,2-3,10-11,13H2,1H3,(H,23,28). The highest BCUT2D eigenvalue weighted by Crippen LogP contribution is 2.25. The van der Waals surface area contributed by atoms with Gasteiger partial charge < -0.3 is 15.0 Å². The molecule has 0 spiro atoms. The minimum Gasteiger partial charge on any atom is -0.452 e. The van der Waals surface area contributed by atoms with Crippen molar-refractivity contribution in [3.8, 4) is 5.69 Å². The van der Waals surface area contributed by atoms with Gasteiger partial charge in [-0.05, 0) is 78.2 Å². The van der Waals surface area contributed by atoms with Crippen LogP contribution in [0.4, 0.5) is 11.4 Å². The van der Waals surface area contributed by atoms with Gasteiger partial charge >= 0.3 is 5.97 Å². The van der Waals surface area contributed by atoms with E-state index in [1.807, 2.05) is 19.1 Å². The third-order valence-corrected chi connectivity index (χ3v) is 5.01. The first-order chi connectivity index (χ1) is 14.6. The highest BCUT2D eigenvalue weighted by atomic mass is 16.5. The highest BCUT2D eigenvalue weighted by Gasteiger charge is 2.15. The lowest BCUT2D eigenvalue weighted by Gasteiger charge is -2.19. The highest BCUT2D eigenvalue weighted by molar-refractivity contribution is 5.96. The molecule has 2 heterocycles. The molecule has 9 heteroatoms. The van der Waals surface area contributed by atoms with Gasteiger partial charge in [0.1, 0.15) is 6.33 Å². The van der Waals surface area contributed by atoms with Gasteiger partial charge in [-0.3, -0.25) is 4.79 Å². The number of carbonyl (C=O) groups is 2. The third kappa shape index (κ3) is 4.45. The zero-order chi connectivity index (χ0) is 20.9. The summed E-state index contributed by atoms with van der Waals surface area (Å²) in [6, 6.07) is 12.5. The fraction of sp³-hybridized carbons (Fsp3) is 0.286. The van der Waals surface area contributed by atoms with Crippen LogP contribution in [0.3, 0.4) is 0 Å². The normalized spacial score (nSPS) is 13.3. The largest absolute Gasteiger partial charge is 0.452 e. The van der Waals surface area contributed by atoms with Gasteiger partial charge in [0, 0.05) is 24.5 Å². The molecule has 0 saturated carbocycles. The van der Waals surface area contributed by atoms with Gasteiger partial charge in [-0.25, -0.2) is 9.48 Å². The Balaban J connectivity index is 1.30. The Labute approximate surface area is 173 Å². The molecule has 1 saturated heterocycles. The van der Waals surface area contributed by atoms with Crippen LogP contribution in [-0.2, 0) is 9.53 Å². The van der Waals surface area contributed by atoms with Crippen LogP contribution in [0, 0.1) is 6.92 Å². The van der Waals surface area contributed by atoms with Crippen molar-refractivity contribution in [2.75, 3.05) is 29.9 Å². The number of anilines is 2. The lowest BCUT2D eigenvalue weighted by Crippen LogP contribution is -2.22. The van der Waals surface area contributed by atoms with Crippen molar-refractivity contribution in [1.29, 1.82) is 0 Å². The Morgan fingerprint density at radius 3 is 2.47 bits per heavy atom. The Bertz CT molecular complexity index is 1030. The molecule has 0 unspecified atom stereocenters. The average Bonchev–Trinajstić information content (AvgIpc) is 3.48. The van der Waals surface area contributed by atoms with Crippen molar-refractivity contribution < 1.29 is 14.3 Å².